The smallest absolute Gasteiger partial charge is 0.0762 e. The second kappa shape index (κ2) is 3.73. The number of aryl methyl sites for hydroxylation is 1. The molecule has 0 radical (unpaired) electrons. The van der Waals surface area contributed by atoms with Gasteiger partial charge in [-0.05, 0) is 31.2 Å². The standard InChI is InChI=1S/C11H19N3/c1-7-4-11(9(7)3)12-6-10-5-8(2)13-14-10/h5,7,9,11-12H,4,6H2,1-3H3,(H,13,14). The van der Waals surface area contributed by atoms with Gasteiger partial charge in [-0.25, -0.2) is 0 Å². The topological polar surface area (TPSA) is 40.7 Å². The quantitative estimate of drug-likeness (QED) is 0.769. The highest BCUT2D eigenvalue weighted by atomic mass is 15.1. The lowest BCUT2D eigenvalue weighted by Crippen LogP contribution is -2.47. The summed E-state index contributed by atoms with van der Waals surface area (Å²) in [6.45, 7) is 7.57. The number of nitrogens with one attached hydrogen (secondary N) is 2. The fraction of sp³-hybridized carbons (Fsp3) is 0.727. The Morgan fingerprint density at radius 1 is 1.57 bits per heavy atom. The van der Waals surface area contributed by atoms with Crippen molar-refractivity contribution in [1.29, 1.82) is 0 Å². The number of rotatable bonds is 3. The molecule has 1 aliphatic carbocycles. The molecule has 0 bridgehead atoms. The average Bonchev–Trinajstić information content (AvgIpc) is 2.58. The van der Waals surface area contributed by atoms with Gasteiger partial charge in [0, 0.05) is 18.3 Å². The summed E-state index contributed by atoms with van der Waals surface area (Å²) in [7, 11) is 0. The zero-order valence-corrected chi connectivity index (χ0v) is 9.17. The Bertz CT molecular complexity index is 305. The Balaban J connectivity index is 1.78. The molecule has 0 aromatic carbocycles. The van der Waals surface area contributed by atoms with Crippen LogP contribution in [0.1, 0.15) is 31.7 Å². The van der Waals surface area contributed by atoms with Crippen LogP contribution in [-0.4, -0.2) is 16.2 Å². The number of nitrogens with zero attached hydrogens (tertiary/aromatic N) is 1. The van der Waals surface area contributed by atoms with Crippen LogP contribution < -0.4 is 5.32 Å². The van der Waals surface area contributed by atoms with Gasteiger partial charge in [0.15, 0.2) is 0 Å². The predicted octanol–water partition coefficient (Wildman–Crippen LogP) is 1.85. The first kappa shape index (κ1) is 9.71. The Morgan fingerprint density at radius 3 is 2.86 bits per heavy atom. The van der Waals surface area contributed by atoms with Crippen LogP contribution in [0.25, 0.3) is 0 Å². The van der Waals surface area contributed by atoms with Gasteiger partial charge in [0.25, 0.3) is 0 Å². The molecule has 0 amide bonds. The average molecular weight is 193 g/mol. The van der Waals surface area contributed by atoms with E-state index in [4.69, 9.17) is 0 Å². The first-order valence-corrected chi connectivity index (χ1v) is 5.41. The molecule has 1 heterocycles. The van der Waals surface area contributed by atoms with Gasteiger partial charge in [0.05, 0.1) is 5.69 Å². The van der Waals surface area contributed by atoms with E-state index in [1.807, 2.05) is 6.92 Å². The van der Waals surface area contributed by atoms with Crippen molar-refractivity contribution in [2.45, 2.75) is 39.8 Å². The van der Waals surface area contributed by atoms with Crippen LogP contribution in [0.2, 0.25) is 0 Å². The third-order valence-corrected chi connectivity index (χ3v) is 3.46. The molecule has 0 aliphatic heterocycles. The number of hydrogen-bond acceptors (Lipinski definition) is 2. The van der Waals surface area contributed by atoms with Crippen LogP contribution in [0.3, 0.4) is 0 Å². The molecule has 3 atom stereocenters. The maximum absolute atomic E-state index is 4.20. The van der Waals surface area contributed by atoms with Gasteiger partial charge in [-0.15, -0.1) is 0 Å². The lowest BCUT2D eigenvalue weighted by molar-refractivity contribution is 0.136. The summed E-state index contributed by atoms with van der Waals surface area (Å²) in [5.74, 6) is 1.70. The van der Waals surface area contributed by atoms with Crippen LogP contribution in [0.4, 0.5) is 0 Å². The second-order valence-electron chi connectivity index (χ2n) is 4.60. The third-order valence-electron chi connectivity index (χ3n) is 3.46. The SMILES string of the molecule is Cc1cc(CNC2CC(C)C2C)n[nH]1. The summed E-state index contributed by atoms with van der Waals surface area (Å²) < 4.78 is 0. The molecule has 1 saturated carbocycles. The predicted molar refractivity (Wildman–Crippen MR) is 56.9 cm³/mol. The van der Waals surface area contributed by atoms with Crippen molar-refractivity contribution in [1.82, 2.24) is 15.5 Å². The van der Waals surface area contributed by atoms with E-state index in [9.17, 15) is 0 Å². The molecule has 0 saturated heterocycles. The highest BCUT2D eigenvalue weighted by molar-refractivity contribution is 5.06. The van der Waals surface area contributed by atoms with Crippen LogP contribution in [-0.2, 0) is 6.54 Å². The van der Waals surface area contributed by atoms with Crippen molar-refractivity contribution >= 4 is 0 Å². The molecule has 1 aromatic heterocycles. The molecule has 78 valence electrons. The number of aromatic amines is 1. The third kappa shape index (κ3) is 1.82. The monoisotopic (exact) mass is 193 g/mol. The maximum atomic E-state index is 4.20. The summed E-state index contributed by atoms with van der Waals surface area (Å²) in [6.07, 6.45) is 1.31. The van der Waals surface area contributed by atoms with Crippen molar-refractivity contribution in [3.8, 4) is 0 Å². The number of aromatic nitrogens is 2. The van der Waals surface area contributed by atoms with E-state index in [2.05, 4.69) is 35.4 Å². The van der Waals surface area contributed by atoms with E-state index >= 15 is 0 Å². The van der Waals surface area contributed by atoms with Gasteiger partial charge in [-0.2, -0.15) is 5.10 Å². The molecule has 3 unspecified atom stereocenters. The molecule has 2 N–H and O–H groups in total. The van der Waals surface area contributed by atoms with Crippen molar-refractivity contribution in [2.24, 2.45) is 11.8 Å². The molecule has 0 spiro atoms. The normalized spacial score (nSPS) is 31.5. The Hall–Kier alpha value is -0.830. The molecule has 3 nitrogen and oxygen atoms in total. The van der Waals surface area contributed by atoms with E-state index in [0.29, 0.717) is 6.04 Å². The molecule has 3 heteroatoms. The molecular formula is C11H19N3. The van der Waals surface area contributed by atoms with Crippen LogP contribution in [0.15, 0.2) is 6.07 Å². The van der Waals surface area contributed by atoms with E-state index in [-0.39, 0.29) is 0 Å². The minimum absolute atomic E-state index is 0.696. The largest absolute Gasteiger partial charge is 0.308 e. The van der Waals surface area contributed by atoms with Crippen molar-refractivity contribution in [3.63, 3.8) is 0 Å². The highest BCUT2D eigenvalue weighted by Gasteiger charge is 2.33. The zero-order chi connectivity index (χ0) is 10.1. The molecule has 2 rings (SSSR count). The van der Waals surface area contributed by atoms with Crippen LogP contribution in [0.5, 0.6) is 0 Å². The molecule has 14 heavy (non-hydrogen) atoms. The van der Waals surface area contributed by atoms with Gasteiger partial charge in [0.1, 0.15) is 0 Å². The Labute approximate surface area is 85.3 Å². The van der Waals surface area contributed by atoms with Crippen molar-refractivity contribution < 1.29 is 0 Å². The van der Waals surface area contributed by atoms with Gasteiger partial charge in [-0.1, -0.05) is 13.8 Å². The highest BCUT2D eigenvalue weighted by Crippen LogP contribution is 2.33. The zero-order valence-electron chi connectivity index (χ0n) is 9.17. The number of H-pyrrole nitrogens is 1. The summed E-state index contributed by atoms with van der Waals surface area (Å²) in [4.78, 5) is 0. The number of hydrogen-bond donors (Lipinski definition) is 2. The first-order valence-electron chi connectivity index (χ1n) is 5.41. The van der Waals surface area contributed by atoms with Gasteiger partial charge in [-0.3, -0.25) is 5.10 Å². The Kier molecular flexibility index (Phi) is 2.59. The fourth-order valence-electron chi connectivity index (χ4n) is 2.10. The lowest BCUT2D eigenvalue weighted by atomic mass is 9.71. The van der Waals surface area contributed by atoms with E-state index < -0.39 is 0 Å². The van der Waals surface area contributed by atoms with E-state index in [1.165, 1.54) is 6.42 Å². The second-order valence-corrected chi connectivity index (χ2v) is 4.60. The summed E-state index contributed by atoms with van der Waals surface area (Å²) in [5, 5.41) is 10.7. The minimum atomic E-state index is 0.696. The van der Waals surface area contributed by atoms with Gasteiger partial charge in [0.2, 0.25) is 0 Å². The van der Waals surface area contributed by atoms with Gasteiger partial charge >= 0.3 is 0 Å². The van der Waals surface area contributed by atoms with Gasteiger partial charge < -0.3 is 5.32 Å². The van der Waals surface area contributed by atoms with Crippen molar-refractivity contribution in [2.75, 3.05) is 0 Å². The fourth-order valence-corrected chi connectivity index (χ4v) is 2.10. The van der Waals surface area contributed by atoms with E-state index in [1.54, 1.807) is 0 Å². The van der Waals surface area contributed by atoms with Crippen LogP contribution >= 0.6 is 0 Å². The minimum Gasteiger partial charge on any atom is -0.308 e. The lowest BCUT2D eigenvalue weighted by Gasteiger charge is -2.41. The van der Waals surface area contributed by atoms with Crippen LogP contribution in [0, 0.1) is 18.8 Å². The molecule has 1 aromatic rings. The summed E-state index contributed by atoms with van der Waals surface area (Å²) in [5.41, 5.74) is 2.26. The molecule has 1 aliphatic rings. The Morgan fingerprint density at radius 2 is 2.36 bits per heavy atom. The summed E-state index contributed by atoms with van der Waals surface area (Å²) in [6, 6.07) is 2.79. The molecule has 1 fully saturated rings. The van der Waals surface area contributed by atoms with E-state index in [0.717, 1.165) is 29.8 Å². The first-order chi connectivity index (χ1) is 6.66. The van der Waals surface area contributed by atoms with Crippen molar-refractivity contribution in [3.05, 3.63) is 17.5 Å². The summed E-state index contributed by atoms with van der Waals surface area (Å²) >= 11 is 0. The molecular weight excluding hydrogens is 174 g/mol. The maximum Gasteiger partial charge on any atom is 0.0762 e.